The van der Waals surface area contributed by atoms with E-state index in [9.17, 15) is 10.1 Å². The van der Waals surface area contributed by atoms with Gasteiger partial charge in [-0.15, -0.1) is 0 Å². The zero-order valence-electron chi connectivity index (χ0n) is 13.6. The molecule has 0 aliphatic heterocycles. The van der Waals surface area contributed by atoms with Crippen molar-refractivity contribution in [1.82, 2.24) is 14.4 Å². The second-order valence-corrected chi connectivity index (χ2v) is 5.53. The molecule has 0 unspecified atom stereocenters. The quantitative estimate of drug-likeness (QED) is 0.318. The Labute approximate surface area is 148 Å². The van der Waals surface area contributed by atoms with Gasteiger partial charge in [0.2, 0.25) is 0 Å². The molecule has 0 spiro atoms. The van der Waals surface area contributed by atoms with Crippen molar-refractivity contribution < 1.29 is 4.92 Å². The molecular weight excluding hydrogens is 330 g/mol. The smallest absolute Gasteiger partial charge is 0.270 e. The van der Waals surface area contributed by atoms with Crippen LogP contribution in [-0.4, -0.2) is 25.5 Å². The third-order valence-corrected chi connectivity index (χ3v) is 3.86. The Balaban J connectivity index is 1.83. The number of hydrogen-bond donors (Lipinski definition) is 0. The van der Waals surface area contributed by atoms with Crippen LogP contribution in [-0.2, 0) is 0 Å². The second-order valence-electron chi connectivity index (χ2n) is 5.53. The van der Waals surface area contributed by atoms with Crippen LogP contribution in [0.2, 0.25) is 0 Å². The van der Waals surface area contributed by atoms with Gasteiger partial charge in [-0.3, -0.25) is 14.5 Å². The van der Waals surface area contributed by atoms with Gasteiger partial charge < -0.3 is 0 Å². The van der Waals surface area contributed by atoms with Gasteiger partial charge in [0.1, 0.15) is 11.5 Å². The van der Waals surface area contributed by atoms with E-state index in [4.69, 9.17) is 0 Å². The summed E-state index contributed by atoms with van der Waals surface area (Å²) >= 11 is 0. The highest BCUT2D eigenvalue weighted by molar-refractivity contribution is 5.90. The highest BCUT2D eigenvalue weighted by atomic mass is 16.6. The summed E-state index contributed by atoms with van der Waals surface area (Å²) in [6.45, 7) is 0. The number of aromatic nitrogens is 3. The Hall–Kier alpha value is -3.87. The van der Waals surface area contributed by atoms with Gasteiger partial charge in [-0.1, -0.05) is 24.3 Å². The lowest BCUT2D eigenvalue weighted by molar-refractivity contribution is -0.384. The fourth-order valence-electron chi connectivity index (χ4n) is 2.68. The second kappa shape index (κ2) is 6.56. The molecule has 4 rings (SSSR count). The largest absolute Gasteiger partial charge is 0.299 e. The Bertz CT molecular complexity index is 1120. The average molecular weight is 343 g/mol. The number of nitro benzene ring substituents is 1. The van der Waals surface area contributed by atoms with Crippen LogP contribution in [0.5, 0.6) is 0 Å². The Morgan fingerprint density at radius 3 is 2.77 bits per heavy atom. The van der Waals surface area contributed by atoms with Gasteiger partial charge in [-0.25, -0.2) is 15.0 Å². The molecule has 0 saturated heterocycles. The number of nitrogens with zero attached hydrogens (tertiary/aromatic N) is 5. The first-order valence-corrected chi connectivity index (χ1v) is 7.89. The van der Waals surface area contributed by atoms with Gasteiger partial charge in [0.05, 0.1) is 16.7 Å². The van der Waals surface area contributed by atoms with Gasteiger partial charge in [0, 0.05) is 30.1 Å². The monoisotopic (exact) mass is 343 g/mol. The van der Waals surface area contributed by atoms with Crippen LogP contribution in [0.25, 0.3) is 16.9 Å². The van der Waals surface area contributed by atoms with E-state index < -0.39 is 4.92 Å². The van der Waals surface area contributed by atoms with Crippen LogP contribution in [0.15, 0.2) is 78.0 Å². The molecule has 0 amide bonds. The van der Waals surface area contributed by atoms with Crippen molar-refractivity contribution in [3.05, 3.63) is 88.9 Å². The van der Waals surface area contributed by atoms with Crippen LogP contribution in [0.1, 0.15) is 5.69 Å². The Morgan fingerprint density at radius 2 is 1.96 bits per heavy atom. The first-order chi connectivity index (χ1) is 12.7. The molecule has 3 heterocycles. The summed E-state index contributed by atoms with van der Waals surface area (Å²) in [4.78, 5) is 23.8. The third-order valence-electron chi connectivity index (χ3n) is 3.86. The van der Waals surface area contributed by atoms with Gasteiger partial charge in [0.15, 0.2) is 5.82 Å². The molecule has 0 fully saturated rings. The van der Waals surface area contributed by atoms with Crippen molar-refractivity contribution in [3.63, 3.8) is 0 Å². The minimum absolute atomic E-state index is 0.0267. The van der Waals surface area contributed by atoms with Crippen molar-refractivity contribution in [2.24, 2.45) is 4.99 Å². The number of nitro groups is 1. The van der Waals surface area contributed by atoms with Gasteiger partial charge in [0.25, 0.3) is 5.69 Å². The van der Waals surface area contributed by atoms with E-state index in [1.165, 1.54) is 12.1 Å². The number of fused-ring (bicyclic) bond motifs is 1. The topological polar surface area (TPSA) is 85.7 Å². The minimum atomic E-state index is -0.414. The maximum Gasteiger partial charge on any atom is 0.270 e. The molecule has 1 aromatic carbocycles. The van der Waals surface area contributed by atoms with Crippen LogP contribution >= 0.6 is 0 Å². The number of benzene rings is 1. The van der Waals surface area contributed by atoms with E-state index in [1.54, 1.807) is 30.6 Å². The van der Waals surface area contributed by atoms with E-state index in [0.717, 1.165) is 5.52 Å². The van der Waals surface area contributed by atoms with Crippen molar-refractivity contribution >= 4 is 23.2 Å². The van der Waals surface area contributed by atoms with E-state index in [1.807, 2.05) is 40.9 Å². The first kappa shape index (κ1) is 15.6. The van der Waals surface area contributed by atoms with Crippen molar-refractivity contribution in [2.45, 2.75) is 0 Å². The third kappa shape index (κ3) is 2.93. The summed E-state index contributed by atoms with van der Waals surface area (Å²) in [5.41, 5.74) is 2.21. The van der Waals surface area contributed by atoms with Gasteiger partial charge in [-0.2, -0.15) is 0 Å². The lowest BCUT2D eigenvalue weighted by Crippen LogP contribution is -1.91. The molecule has 0 aliphatic carbocycles. The number of aliphatic imine (C=N–C) groups is 1. The van der Waals surface area contributed by atoms with Crippen LogP contribution in [0.3, 0.4) is 0 Å². The van der Waals surface area contributed by atoms with E-state index in [-0.39, 0.29) is 5.69 Å². The highest BCUT2D eigenvalue weighted by Gasteiger charge is 2.14. The maximum absolute atomic E-state index is 11.1. The molecule has 0 aliphatic rings. The molecule has 7 nitrogen and oxygen atoms in total. The Morgan fingerprint density at radius 1 is 1.08 bits per heavy atom. The summed E-state index contributed by atoms with van der Waals surface area (Å²) in [5.74, 6) is 1.20. The number of pyridine rings is 2. The predicted octanol–water partition coefficient (Wildman–Crippen LogP) is 4.06. The van der Waals surface area contributed by atoms with Crippen LogP contribution in [0, 0.1) is 10.1 Å². The molecule has 7 heteroatoms. The molecule has 26 heavy (non-hydrogen) atoms. The summed E-state index contributed by atoms with van der Waals surface area (Å²) in [7, 11) is 0. The van der Waals surface area contributed by atoms with E-state index in [0.29, 0.717) is 22.9 Å². The Kier molecular flexibility index (Phi) is 3.95. The normalized spacial score (nSPS) is 11.2. The average Bonchev–Trinajstić information content (AvgIpc) is 3.06. The molecule has 0 radical (unpaired) electrons. The van der Waals surface area contributed by atoms with Gasteiger partial charge >= 0.3 is 0 Å². The summed E-state index contributed by atoms with van der Waals surface area (Å²) in [5, 5.41) is 11.1. The van der Waals surface area contributed by atoms with Crippen molar-refractivity contribution in [3.8, 4) is 11.4 Å². The summed E-state index contributed by atoms with van der Waals surface area (Å²) in [6.07, 6.45) is 5.19. The maximum atomic E-state index is 11.1. The molecular formula is C19H13N5O2. The van der Waals surface area contributed by atoms with Crippen LogP contribution in [0.4, 0.5) is 11.5 Å². The molecule has 0 atom stereocenters. The van der Waals surface area contributed by atoms with Crippen molar-refractivity contribution in [2.75, 3.05) is 0 Å². The van der Waals surface area contributed by atoms with Crippen molar-refractivity contribution in [1.29, 1.82) is 0 Å². The van der Waals surface area contributed by atoms with E-state index in [2.05, 4.69) is 15.0 Å². The molecule has 0 saturated carbocycles. The fraction of sp³-hybridized carbons (Fsp3) is 0. The number of non-ortho nitro benzene ring substituents is 1. The van der Waals surface area contributed by atoms with Gasteiger partial charge in [-0.05, 0) is 24.3 Å². The number of hydrogen-bond acceptors (Lipinski definition) is 5. The predicted molar refractivity (Wildman–Crippen MR) is 98.8 cm³/mol. The van der Waals surface area contributed by atoms with E-state index >= 15 is 0 Å². The standard InChI is InChI=1S/C19H13N5O2/c25-24(26)15-7-5-6-14(12-15)19-22-16(17-8-2-4-11-23(17)19)13-21-18-9-1-3-10-20-18/h1-13H. The zero-order valence-corrected chi connectivity index (χ0v) is 13.6. The zero-order chi connectivity index (χ0) is 17.9. The number of imidazole rings is 1. The lowest BCUT2D eigenvalue weighted by Gasteiger charge is -2.00. The fourth-order valence-corrected chi connectivity index (χ4v) is 2.68. The minimum Gasteiger partial charge on any atom is -0.299 e. The lowest BCUT2D eigenvalue weighted by atomic mass is 10.2. The number of rotatable bonds is 4. The molecule has 3 aromatic heterocycles. The SMILES string of the molecule is O=[N+]([O-])c1cccc(-c2nc(C=Nc3ccccn3)c3ccccn23)c1. The van der Waals surface area contributed by atoms with Crippen LogP contribution < -0.4 is 0 Å². The summed E-state index contributed by atoms with van der Waals surface area (Å²) < 4.78 is 1.89. The first-order valence-electron chi connectivity index (χ1n) is 7.89. The molecule has 0 N–H and O–H groups in total. The summed E-state index contributed by atoms with van der Waals surface area (Å²) in [6, 6.07) is 17.6. The molecule has 0 bridgehead atoms. The molecule has 4 aromatic rings. The molecule has 126 valence electrons. The highest BCUT2D eigenvalue weighted by Crippen LogP contribution is 2.25.